The number of aromatic nitrogens is 1. The fourth-order valence-corrected chi connectivity index (χ4v) is 1.77. The minimum absolute atomic E-state index is 0.181. The minimum Gasteiger partial charge on any atom is -0.394 e. The Morgan fingerprint density at radius 3 is 2.31 bits per heavy atom. The maximum Gasteiger partial charge on any atom is 0.271 e. The van der Waals surface area contributed by atoms with Crippen molar-refractivity contribution >= 4 is 5.69 Å². The zero-order valence-electron chi connectivity index (χ0n) is 8.56. The number of aromatic amines is 1. The molecule has 0 aliphatic carbocycles. The number of pyridine rings is 1. The third-order valence-electron chi connectivity index (χ3n) is 2.34. The Morgan fingerprint density at radius 2 is 1.85 bits per heavy atom. The van der Waals surface area contributed by atoms with E-state index in [-0.39, 0.29) is 5.56 Å². The number of aryl methyl sites for hydroxylation is 1. The fourth-order valence-electron chi connectivity index (χ4n) is 1.77. The Balaban J connectivity index is 3.53. The first-order chi connectivity index (χ1) is 5.95. The van der Waals surface area contributed by atoms with Crippen molar-refractivity contribution in [2.24, 2.45) is 0 Å². The maximum atomic E-state index is 11.3. The molecule has 0 spiro atoms. The molecule has 0 radical (unpaired) electrons. The van der Waals surface area contributed by atoms with E-state index in [0.29, 0.717) is 11.6 Å². The van der Waals surface area contributed by atoms with E-state index in [9.17, 15) is 4.79 Å². The quantitative estimate of drug-likeness (QED) is 0.691. The first-order valence-electron chi connectivity index (χ1n) is 4.44. The van der Waals surface area contributed by atoms with Gasteiger partial charge in [-0.2, -0.15) is 0 Å². The third-order valence-corrected chi connectivity index (χ3v) is 2.34. The lowest BCUT2D eigenvalue weighted by molar-refractivity contribution is 0.829. The molecule has 0 aliphatic rings. The molecule has 0 aliphatic heterocycles. The zero-order valence-corrected chi connectivity index (χ0v) is 8.56. The van der Waals surface area contributed by atoms with Gasteiger partial charge < -0.3 is 10.7 Å². The molecule has 0 amide bonds. The summed E-state index contributed by atoms with van der Waals surface area (Å²) in [7, 11) is 0. The normalized spacial score (nSPS) is 10.8. The maximum absolute atomic E-state index is 11.3. The van der Waals surface area contributed by atoms with Crippen LogP contribution in [0.2, 0.25) is 0 Å². The second kappa shape index (κ2) is 3.24. The average Bonchev–Trinajstić information content (AvgIpc) is 1.99. The molecule has 0 bridgehead atoms. The van der Waals surface area contributed by atoms with Gasteiger partial charge >= 0.3 is 0 Å². The highest BCUT2D eigenvalue weighted by molar-refractivity contribution is 5.50. The zero-order chi connectivity index (χ0) is 10.2. The van der Waals surface area contributed by atoms with Crippen LogP contribution in [0.5, 0.6) is 0 Å². The van der Waals surface area contributed by atoms with Gasteiger partial charge in [0.1, 0.15) is 5.69 Å². The van der Waals surface area contributed by atoms with Crippen LogP contribution in [0.3, 0.4) is 0 Å². The van der Waals surface area contributed by atoms with Gasteiger partial charge in [-0.15, -0.1) is 0 Å². The summed E-state index contributed by atoms with van der Waals surface area (Å²) in [6.07, 6.45) is 0. The molecule has 0 saturated heterocycles. The summed E-state index contributed by atoms with van der Waals surface area (Å²) in [5.74, 6) is 0.388. The highest BCUT2D eigenvalue weighted by atomic mass is 16.1. The number of hydrogen-bond donors (Lipinski definition) is 2. The summed E-state index contributed by atoms with van der Waals surface area (Å²) in [5.41, 5.74) is 8.79. The van der Waals surface area contributed by atoms with E-state index in [2.05, 4.69) is 18.8 Å². The van der Waals surface area contributed by atoms with Gasteiger partial charge in [-0.05, 0) is 30.9 Å². The van der Waals surface area contributed by atoms with Crippen molar-refractivity contribution in [1.29, 1.82) is 0 Å². The average molecular weight is 180 g/mol. The molecule has 0 fully saturated rings. The molecule has 1 rings (SSSR count). The summed E-state index contributed by atoms with van der Waals surface area (Å²) in [5, 5.41) is 0. The topological polar surface area (TPSA) is 58.9 Å². The van der Waals surface area contributed by atoms with Crippen LogP contribution < -0.4 is 11.3 Å². The number of nitrogens with one attached hydrogen (secondary N) is 1. The van der Waals surface area contributed by atoms with E-state index in [1.165, 1.54) is 0 Å². The Morgan fingerprint density at radius 1 is 1.31 bits per heavy atom. The van der Waals surface area contributed by atoms with Gasteiger partial charge in [0, 0.05) is 5.69 Å². The van der Waals surface area contributed by atoms with Crippen LogP contribution in [0.4, 0.5) is 5.69 Å². The van der Waals surface area contributed by atoms with Crippen LogP contribution in [-0.2, 0) is 0 Å². The van der Waals surface area contributed by atoms with E-state index < -0.39 is 0 Å². The van der Waals surface area contributed by atoms with Crippen molar-refractivity contribution in [3.63, 3.8) is 0 Å². The van der Waals surface area contributed by atoms with Crippen LogP contribution in [0.15, 0.2) is 4.79 Å². The Hall–Kier alpha value is -1.25. The van der Waals surface area contributed by atoms with E-state index in [1.807, 2.05) is 13.8 Å². The fraction of sp³-hybridized carbons (Fsp3) is 0.500. The van der Waals surface area contributed by atoms with Gasteiger partial charge in [0.25, 0.3) is 5.56 Å². The highest BCUT2D eigenvalue weighted by Gasteiger charge is 2.11. The number of nitrogen functional groups attached to an aromatic ring is 1. The molecule has 0 atom stereocenters. The Labute approximate surface area is 78.0 Å². The molecule has 0 unspecified atom stereocenters. The molecule has 1 aromatic heterocycles. The smallest absolute Gasteiger partial charge is 0.271 e. The lowest BCUT2D eigenvalue weighted by atomic mass is 9.96. The van der Waals surface area contributed by atoms with E-state index in [4.69, 9.17) is 5.73 Å². The molecule has 72 valence electrons. The summed E-state index contributed by atoms with van der Waals surface area (Å²) in [4.78, 5) is 14.0. The Bertz CT molecular complexity index is 377. The monoisotopic (exact) mass is 180 g/mol. The van der Waals surface area contributed by atoms with Crippen LogP contribution in [0, 0.1) is 13.8 Å². The van der Waals surface area contributed by atoms with E-state index >= 15 is 0 Å². The van der Waals surface area contributed by atoms with Crippen LogP contribution in [-0.4, -0.2) is 4.98 Å². The van der Waals surface area contributed by atoms with Gasteiger partial charge in [-0.1, -0.05) is 13.8 Å². The standard InChI is InChI=1S/C10H16N2O/c1-5(2)8-6(3)9(11)10(13)12-7(8)4/h5H,11H2,1-4H3,(H,12,13). The Kier molecular flexibility index (Phi) is 2.45. The number of hydrogen-bond acceptors (Lipinski definition) is 2. The van der Waals surface area contributed by atoms with Gasteiger partial charge in [0.15, 0.2) is 0 Å². The van der Waals surface area contributed by atoms with Crippen LogP contribution in [0.25, 0.3) is 0 Å². The summed E-state index contributed by atoms with van der Waals surface area (Å²) >= 11 is 0. The summed E-state index contributed by atoms with van der Waals surface area (Å²) < 4.78 is 0. The molecule has 13 heavy (non-hydrogen) atoms. The number of anilines is 1. The SMILES string of the molecule is Cc1[nH]c(=O)c(N)c(C)c1C(C)C. The van der Waals surface area contributed by atoms with E-state index in [0.717, 1.165) is 16.8 Å². The second-order valence-electron chi connectivity index (χ2n) is 3.69. The molecule has 3 nitrogen and oxygen atoms in total. The molecule has 0 aromatic carbocycles. The lowest BCUT2D eigenvalue weighted by Crippen LogP contribution is -2.17. The molecule has 3 heteroatoms. The minimum atomic E-state index is -0.181. The van der Waals surface area contributed by atoms with Gasteiger partial charge in [0.2, 0.25) is 0 Å². The highest BCUT2D eigenvalue weighted by Crippen LogP contribution is 2.22. The molecular formula is C10H16N2O. The summed E-state index contributed by atoms with van der Waals surface area (Å²) in [6, 6.07) is 0. The largest absolute Gasteiger partial charge is 0.394 e. The lowest BCUT2D eigenvalue weighted by Gasteiger charge is -2.14. The molecule has 1 heterocycles. The van der Waals surface area contributed by atoms with E-state index in [1.54, 1.807) is 0 Å². The van der Waals surface area contributed by atoms with Crippen molar-refractivity contribution in [2.45, 2.75) is 33.6 Å². The number of H-pyrrole nitrogens is 1. The molecule has 1 aromatic rings. The van der Waals surface area contributed by atoms with Crippen molar-refractivity contribution < 1.29 is 0 Å². The number of nitrogens with two attached hydrogens (primary N) is 1. The van der Waals surface area contributed by atoms with Crippen molar-refractivity contribution in [2.75, 3.05) is 5.73 Å². The molecular weight excluding hydrogens is 164 g/mol. The summed E-state index contributed by atoms with van der Waals surface area (Å²) in [6.45, 7) is 7.98. The molecule has 3 N–H and O–H groups in total. The third kappa shape index (κ3) is 1.59. The van der Waals surface area contributed by atoms with Crippen molar-refractivity contribution in [3.05, 3.63) is 27.2 Å². The van der Waals surface area contributed by atoms with Crippen LogP contribution >= 0.6 is 0 Å². The van der Waals surface area contributed by atoms with Crippen LogP contribution in [0.1, 0.15) is 36.6 Å². The first-order valence-corrected chi connectivity index (χ1v) is 4.44. The second-order valence-corrected chi connectivity index (χ2v) is 3.69. The van der Waals surface area contributed by atoms with Gasteiger partial charge in [-0.25, -0.2) is 0 Å². The van der Waals surface area contributed by atoms with Gasteiger partial charge in [0.05, 0.1) is 0 Å². The predicted molar refractivity (Wildman–Crippen MR) is 55.0 cm³/mol. The van der Waals surface area contributed by atoms with Crippen molar-refractivity contribution in [1.82, 2.24) is 4.98 Å². The van der Waals surface area contributed by atoms with Gasteiger partial charge in [-0.3, -0.25) is 4.79 Å². The molecule has 0 saturated carbocycles. The first kappa shape index (κ1) is 9.84. The number of rotatable bonds is 1. The predicted octanol–water partition coefficient (Wildman–Crippen LogP) is 1.70. The van der Waals surface area contributed by atoms with Crippen molar-refractivity contribution in [3.8, 4) is 0 Å².